The fourth-order valence-electron chi connectivity index (χ4n) is 3.44. The van der Waals surface area contributed by atoms with Gasteiger partial charge in [0.25, 0.3) is 0 Å². The first kappa shape index (κ1) is 14.3. The number of Topliss-reactive ketones (excluding diaryl/α,β-unsaturated/α-hetero) is 1. The molecule has 1 fully saturated rings. The van der Waals surface area contributed by atoms with Gasteiger partial charge in [0, 0.05) is 28.7 Å². The maximum Gasteiger partial charge on any atom is 0.178 e. The number of nitrogens with one attached hydrogen (secondary N) is 1. The molecule has 0 radical (unpaired) electrons. The monoisotopic (exact) mass is 284 g/mol. The Hall–Kier alpha value is -1.61. The molecule has 0 atom stereocenters. The maximum atomic E-state index is 12.6. The summed E-state index contributed by atoms with van der Waals surface area (Å²) < 4.78 is 0. The Morgan fingerprint density at radius 2 is 1.90 bits per heavy atom. The van der Waals surface area contributed by atoms with Crippen LogP contribution in [-0.2, 0) is 0 Å². The second-order valence-electron chi connectivity index (χ2n) is 6.23. The van der Waals surface area contributed by atoms with Crippen LogP contribution in [-0.4, -0.2) is 35.3 Å². The van der Waals surface area contributed by atoms with Crippen molar-refractivity contribution in [1.29, 1.82) is 0 Å². The van der Waals surface area contributed by atoms with Gasteiger partial charge in [-0.15, -0.1) is 0 Å². The summed E-state index contributed by atoms with van der Waals surface area (Å²) in [6, 6.07) is 8.58. The smallest absolute Gasteiger partial charge is 0.178 e. The molecule has 1 heterocycles. The molecule has 1 aliphatic carbocycles. The highest BCUT2D eigenvalue weighted by Crippen LogP contribution is 2.22. The van der Waals surface area contributed by atoms with Crippen LogP contribution in [0.5, 0.6) is 0 Å². The van der Waals surface area contributed by atoms with Gasteiger partial charge in [-0.05, 0) is 26.0 Å². The van der Waals surface area contributed by atoms with E-state index in [1.807, 2.05) is 30.5 Å². The van der Waals surface area contributed by atoms with Crippen LogP contribution in [0.15, 0.2) is 30.5 Å². The first-order valence-corrected chi connectivity index (χ1v) is 8.05. The van der Waals surface area contributed by atoms with E-state index < -0.39 is 0 Å². The van der Waals surface area contributed by atoms with Crippen molar-refractivity contribution < 1.29 is 4.79 Å². The number of carbonyl (C=O) groups is 1. The minimum atomic E-state index is 0.221. The predicted octanol–water partition coefficient (Wildman–Crippen LogP) is 4.01. The van der Waals surface area contributed by atoms with Gasteiger partial charge >= 0.3 is 0 Å². The summed E-state index contributed by atoms with van der Waals surface area (Å²) in [4.78, 5) is 18.0. The molecule has 1 saturated carbocycles. The second kappa shape index (κ2) is 6.44. The van der Waals surface area contributed by atoms with E-state index in [2.05, 4.69) is 16.9 Å². The van der Waals surface area contributed by atoms with Crippen molar-refractivity contribution in [3.63, 3.8) is 0 Å². The minimum Gasteiger partial charge on any atom is -0.360 e. The first-order chi connectivity index (χ1) is 10.3. The van der Waals surface area contributed by atoms with Crippen molar-refractivity contribution in [3.05, 3.63) is 36.0 Å². The van der Waals surface area contributed by atoms with E-state index in [0.717, 1.165) is 16.5 Å². The Morgan fingerprint density at radius 1 is 1.19 bits per heavy atom. The molecule has 3 heteroatoms. The number of rotatable bonds is 4. The molecule has 1 aromatic carbocycles. The summed E-state index contributed by atoms with van der Waals surface area (Å²) in [6.07, 6.45) is 9.62. The average Bonchev–Trinajstić information content (AvgIpc) is 2.73. The summed E-state index contributed by atoms with van der Waals surface area (Å²) in [5, 5.41) is 1.04. The summed E-state index contributed by atoms with van der Waals surface area (Å²) >= 11 is 0. The molecule has 1 N–H and O–H groups in total. The van der Waals surface area contributed by atoms with Crippen LogP contribution in [0.1, 0.15) is 48.9 Å². The molecule has 1 aromatic heterocycles. The molecular weight excluding hydrogens is 260 g/mol. The maximum absolute atomic E-state index is 12.6. The van der Waals surface area contributed by atoms with Crippen molar-refractivity contribution in [2.24, 2.45) is 0 Å². The van der Waals surface area contributed by atoms with Crippen LogP contribution in [0.3, 0.4) is 0 Å². The van der Waals surface area contributed by atoms with Crippen LogP contribution in [0.25, 0.3) is 10.9 Å². The highest BCUT2D eigenvalue weighted by molar-refractivity contribution is 6.08. The van der Waals surface area contributed by atoms with Crippen molar-refractivity contribution in [3.8, 4) is 0 Å². The topological polar surface area (TPSA) is 36.1 Å². The van der Waals surface area contributed by atoms with Gasteiger partial charge in [0.2, 0.25) is 0 Å². The van der Waals surface area contributed by atoms with Gasteiger partial charge in [-0.3, -0.25) is 9.69 Å². The summed E-state index contributed by atoms with van der Waals surface area (Å²) in [7, 11) is 2.10. The normalized spacial score (nSPS) is 17.2. The molecule has 0 spiro atoms. The number of ketones is 1. The Kier molecular flexibility index (Phi) is 4.39. The lowest BCUT2D eigenvalue weighted by molar-refractivity contribution is 0.0914. The Labute approximate surface area is 126 Å². The van der Waals surface area contributed by atoms with E-state index in [0.29, 0.717) is 12.6 Å². The van der Waals surface area contributed by atoms with E-state index in [1.165, 1.54) is 38.5 Å². The molecule has 21 heavy (non-hydrogen) atoms. The van der Waals surface area contributed by atoms with Crippen LogP contribution >= 0.6 is 0 Å². The number of H-pyrrole nitrogens is 1. The van der Waals surface area contributed by atoms with E-state index in [4.69, 9.17) is 0 Å². The minimum absolute atomic E-state index is 0.221. The molecule has 1 aliphatic rings. The highest BCUT2D eigenvalue weighted by atomic mass is 16.1. The highest BCUT2D eigenvalue weighted by Gasteiger charge is 2.20. The molecule has 112 valence electrons. The molecular formula is C18H24N2O. The number of para-hydroxylation sites is 1. The van der Waals surface area contributed by atoms with Crippen molar-refractivity contribution >= 4 is 16.7 Å². The van der Waals surface area contributed by atoms with Crippen LogP contribution in [0.4, 0.5) is 0 Å². The van der Waals surface area contributed by atoms with Gasteiger partial charge < -0.3 is 4.98 Å². The molecule has 0 aliphatic heterocycles. The van der Waals surface area contributed by atoms with Gasteiger partial charge in [0.05, 0.1) is 6.54 Å². The largest absolute Gasteiger partial charge is 0.360 e. The van der Waals surface area contributed by atoms with Crippen LogP contribution in [0, 0.1) is 0 Å². The number of hydrogen-bond donors (Lipinski definition) is 1. The lowest BCUT2D eigenvalue weighted by atomic mass is 10.1. The van der Waals surface area contributed by atoms with E-state index in [1.54, 1.807) is 0 Å². The molecule has 0 amide bonds. The fraction of sp³-hybridized carbons (Fsp3) is 0.500. The summed E-state index contributed by atoms with van der Waals surface area (Å²) in [5.74, 6) is 0.221. The number of aromatic amines is 1. The second-order valence-corrected chi connectivity index (χ2v) is 6.23. The Balaban J connectivity index is 1.70. The van der Waals surface area contributed by atoms with Gasteiger partial charge in [-0.25, -0.2) is 0 Å². The molecule has 3 nitrogen and oxygen atoms in total. The third-order valence-electron chi connectivity index (χ3n) is 4.73. The zero-order chi connectivity index (χ0) is 14.7. The molecule has 0 saturated heterocycles. The number of fused-ring (bicyclic) bond motifs is 1. The predicted molar refractivity (Wildman–Crippen MR) is 86.7 cm³/mol. The van der Waals surface area contributed by atoms with Crippen LogP contribution < -0.4 is 0 Å². The third kappa shape index (κ3) is 3.18. The van der Waals surface area contributed by atoms with Gasteiger partial charge in [-0.2, -0.15) is 0 Å². The summed E-state index contributed by atoms with van der Waals surface area (Å²) in [6.45, 7) is 0.520. The third-order valence-corrected chi connectivity index (χ3v) is 4.73. The number of likely N-dealkylation sites (N-methyl/N-ethyl adjacent to an activating group) is 1. The number of hydrogen-bond acceptors (Lipinski definition) is 2. The SMILES string of the molecule is CN(CC(=O)c1c[nH]c2ccccc12)C1CCCCCC1. The Morgan fingerprint density at radius 3 is 2.67 bits per heavy atom. The fourth-order valence-corrected chi connectivity index (χ4v) is 3.44. The van der Waals surface area contributed by atoms with E-state index >= 15 is 0 Å². The van der Waals surface area contributed by atoms with Crippen molar-refractivity contribution in [1.82, 2.24) is 9.88 Å². The lowest BCUT2D eigenvalue weighted by Crippen LogP contribution is -2.35. The van der Waals surface area contributed by atoms with E-state index in [-0.39, 0.29) is 5.78 Å². The molecule has 0 unspecified atom stereocenters. The zero-order valence-corrected chi connectivity index (χ0v) is 12.8. The molecule has 0 bridgehead atoms. The standard InChI is InChI=1S/C18H24N2O/c1-20(14-8-4-2-3-5-9-14)13-18(21)16-12-19-17-11-7-6-10-15(16)17/h6-7,10-12,14,19H,2-5,8-9,13H2,1H3. The average molecular weight is 284 g/mol. The zero-order valence-electron chi connectivity index (χ0n) is 12.8. The molecule has 3 rings (SSSR count). The molecule has 2 aromatic rings. The van der Waals surface area contributed by atoms with E-state index in [9.17, 15) is 4.79 Å². The van der Waals surface area contributed by atoms with Gasteiger partial charge in [0.1, 0.15) is 0 Å². The van der Waals surface area contributed by atoms with Gasteiger partial charge in [-0.1, -0.05) is 43.9 Å². The quantitative estimate of drug-likeness (QED) is 0.680. The van der Waals surface area contributed by atoms with Crippen molar-refractivity contribution in [2.75, 3.05) is 13.6 Å². The number of carbonyl (C=O) groups excluding carboxylic acids is 1. The van der Waals surface area contributed by atoms with Crippen molar-refractivity contribution in [2.45, 2.75) is 44.6 Å². The van der Waals surface area contributed by atoms with Gasteiger partial charge in [0.15, 0.2) is 5.78 Å². The summed E-state index contributed by atoms with van der Waals surface area (Å²) in [5.41, 5.74) is 1.86. The first-order valence-electron chi connectivity index (χ1n) is 8.05. The number of nitrogens with zero attached hydrogens (tertiary/aromatic N) is 1. The number of benzene rings is 1. The lowest BCUT2D eigenvalue weighted by Gasteiger charge is -2.26. The van der Waals surface area contributed by atoms with Crippen LogP contribution in [0.2, 0.25) is 0 Å². The Bertz CT molecular complexity index is 608. The number of aromatic nitrogens is 1.